The normalized spacial score (nSPS) is 17.4. The summed E-state index contributed by atoms with van der Waals surface area (Å²) in [4.78, 5) is 0. The summed E-state index contributed by atoms with van der Waals surface area (Å²) in [6, 6.07) is 0. The van der Waals surface area contributed by atoms with Crippen LogP contribution in [0, 0.1) is 0 Å². The van der Waals surface area contributed by atoms with Crippen molar-refractivity contribution in [3.05, 3.63) is 12.7 Å². The van der Waals surface area contributed by atoms with E-state index in [1.165, 1.54) is 6.08 Å². The Morgan fingerprint density at radius 2 is 2.38 bits per heavy atom. The zero-order valence-electron chi connectivity index (χ0n) is 5.02. The lowest BCUT2D eigenvalue weighted by Crippen LogP contribution is -2.15. The van der Waals surface area contributed by atoms with Crippen LogP contribution in [0.1, 0.15) is 19.8 Å². The molecule has 0 spiro atoms. The van der Waals surface area contributed by atoms with Crippen molar-refractivity contribution in [3.8, 4) is 0 Å². The second kappa shape index (κ2) is 3.10. The molecule has 48 valence electrons. The predicted molar refractivity (Wildman–Crippen MR) is 35.9 cm³/mol. The van der Waals surface area contributed by atoms with E-state index in [-0.39, 0.29) is 0 Å². The Kier molecular flexibility index (Phi) is 3.10. The van der Waals surface area contributed by atoms with Gasteiger partial charge in [-0.25, -0.2) is 0 Å². The van der Waals surface area contributed by atoms with Gasteiger partial charge in [-0.15, -0.1) is 0 Å². The van der Waals surface area contributed by atoms with Crippen molar-refractivity contribution in [1.29, 1.82) is 0 Å². The summed E-state index contributed by atoms with van der Waals surface area (Å²) in [6.45, 7) is 5.32. The van der Waals surface area contributed by atoms with Crippen molar-refractivity contribution in [2.75, 3.05) is 0 Å². The quantitative estimate of drug-likeness (QED) is 0.462. The van der Waals surface area contributed by atoms with Crippen molar-refractivity contribution in [3.63, 3.8) is 0 Å². The smallest absolute Gasteiger partial charge is 0.157 e. The summed E-state index contributed by atoms with van der Waals surface area (Å²) in [5.74, 6) is 0. The molecule has 2 heteroatoms. The fourth-order valence-corrected chi connectivity index (χ4v) is 0.642. The third-order valence-corrected chi connectivity index (χ3v) is 1.26. The zero-order valence-corrected chi connectivity index (χ0v) is 5.78. The van der Waals surface area contributed by atoms with E-state index in [1.807, 2.05) is 6.92 Å². The van der Waals surface area contributed by atoms with Gasteiger partial charge in [-0.3, -0.25) is 0 Å². The lowest BCUT2D eigenvalue weighted by Gasteiger charge is -2.12. The molecule has 8 heavy (non-hydrogen) atoms. The molecule has 0 saturated heterocycles. The third kappa shape index (κ3) is 3.05. The highest BCUT2D eigenvalue weighted by atomic mass is 35.5. The first kappa shape index (κ1) is 7.99. The average Bonchev–Trinajstić information content (AvgIpc) is 1.67. The molecule has 1 nitrogen and oxygen atoms in total. The highest BCUT2D eigenvalue weighted by Crippen LogP contribution is 2.17. The van der Waals surface area contributed by atoms with Crippen molar-refractivity contribution >= 4 is 11.6 Å². The van der Waals surface area contributed by atoms with E-state index in [4.69, 9.17) is 16.7 Å². The first-order chi connectivity index (χ1) is 3.62. The Morgan fingerprint density at radius 1 is 1.88 bits per heavy atom. The molecular weight excluding hydrogens is 124 g/mol. The van der Waals surface area contributed by atoms with Crippen LogP contribution in [0.4, 0.5) is 0 Å². The lowest BCUT2D eigenvalue weighted by molar-refractivity contribution is 0.168. The summed E-state index contributed by atoms with van der Waals surface area (Å²) >= 11 is 5.46. The molecule has 0 aromatic carbocycles. The molecule has 1 atom stereocenters. The zero-order chi connectivity index (χ0) is 6.62. The van der Waals surface area contributed by atoms with Gasteiger partial charge in [0.25, 0.3) is 0 Å². The molecule has 0 aromatic rings. The topological polar surface area (TPSA) is 20.2 Å². The highest BCUT2D eigenvalue weighted by Gasteiger charge is 2.15. The molecule has 0 aromatic heterocycles. The molecule has 0 aliphatic carbocycles. The van der Waals surface area contributed by atoms with Crippen LogP contribution in [0.3, 0.4) is 0 Å². The molecule has 0 aliphatic heterocycles. The lowest BCUT2D eigenvalue weighted by atomic mass is 10.2. The van der Waals surface area contributed by atoms with Crippen molar-refractivity contribution < 1.29 is 5.11 Å². The largest absolute Gasteiger partial charge is 0.371 e. The molecule has 0 rings (SSSR count). The van der Waals surface area contributed by atoms with Crippen LogP contribution in [0.25, 0.3) is 0 Å². The Labute approximate surface area is 55.0 Å². The van der Waals surface area contributed by atoms with Gasteiger partial charge < -0.3 is 5.11 Å². The maximum atomic E-state index is 8.97. The van der Waals surface area contributed by atoms with E-state index < -0.39 is 5.06 Å². The molecular formula is C6H11ClO. The van der Waals surface area contributed by atoms with E-state index in [1.54, 1.807) is 0 Å². The second-order valence-corrected chi connectivity index (χ2v) is 2.43. The Morgan fingerprint density at radius 3 is 2.50 bits per heavy atom. The number of aliphatic hydroxyl groups is 1. The van der Waals surface area contributed by atoms with Crippen LogP contribution in [-0.2, 0) is 0 Å². The van der Waals surface area contributed by atoms with E-state index in [9.17, 15) is 0 Å². The SMILES string of the molecule is C=CC(O)(Cl)CCC. The highest BCUT2D eigenvalue weighted by molar-refractivity contribution is 6.23. The van der Waals surface area contributed by atoms with Crippen LogP contribution in [-0.4, -0.2) is 10.2 Å². The van der Waals surface area contributed by atoms with Crippen LogP contribution >= 0.6 is 11.6 Å². The van der Waals surface area contributed by atoms with Gasteiger partial charge in [-0.1, -0.05) is 31.5 Å². The summed E-state index contributed by atoms with van der Waals surface area (Å²) in [5, 5.41) is 7.80. The minimum absolute atomic E-state index is 0.568. The Balaban J connectivity index is 3.53. The molecule has 0 fully saturated rings. The Bertz CT molecular complexity index is 78.6. The maximum absolute atomic E-state index is 8.97. The molecule has 0 saturated carbocycles. The summed E-state index contributed by atoms with van der Waals surface area (Å²) < 4.78 is 0. The third-order valence-electron chi connectivity index (χ3n) is 0.913. The monoisotopic (exact) mass is 134 g/mol. The van der Waals surface area contributed by atoms with Gasteiger partial charge in [0.05, 0.1) is 0 Å². The number of rotatable bonds is 3. The van der Waals surface area contributed by atoms with E-state index in [2.05, 4.69) is 6.58 Å². The van der Waals surface area contributed by atoms with Gasteiger partial charge in [0.15, 0.2) is 5.06 Å². The second-order valence-electron chi connectivity index (χ2n) is 1.77. The number of halogens is 1. The molecule has 0 radical (unpaired) electrons. The average molecular weight is 135 g/mol. The van der Waals surface area contributed by atoms with Crippen LogP contribution in [0.2, 0.25) is 0 Å². The molecule has 1 N–H and O–H groups in total. The Hall–Kier alpha value is -0.0100. The van der Waals surface area contributed by atoms with Crippen LogP contribution in [0.15, 0.2) is 12.7 Å². The van der Waals surface area contributed by atoms with E-state index >= 15 is 0 Å². The fraction of sp³-hybridized carbons (Fsp3) is 0.667. The first-order valence-corrected chi connectivity index (χ1v) is 3.05. The minimum Gasteiger partial charge on any atom is -0.371 e. The van der Waals surface area contributed by atoms with Gasteiger partial charge in [0.2, 0.25) is 0 Å². The van der Waals surface area contributed by atoms with Crippen LogP contribution < -0.4 is 0 Å². The summed E-state index contributed by atoms with van der Waals surface area (Å²) in [6.07, 6.45) is 2.78. The van der Waals surface area contributed by atoms with Crippen molar-refractivity contribution in [1.82, 2.24) is 0 Å². The van der Waals surface area contributed by atoms with Crippen molar-refractivity contribution in [2.45, 2.75) is 24.8 Å². The fourth-order valence-electron chi connectivity index (χ4n) is 0.453. The van der Waals surface area contributed by atoms with Gasteiger partial charge in [-0.05, 0) is 12.5 Å². The van der Waals surface area contributed by atoms with E-state index in [0.717, 1.165) is 6.42 Å². The van der Waals surface area contributed by atoms with Gasteiger partial charge in [0, 0.05) is 0 Å². The van der Waals surface area contributed by atoms with E-state index in [0.29, 0.717) is 6.42 Å². The number of hydrogen-bond donors (Lipinski definition) is 1. The van der Waals surface area contributed by atoms with Gasteiger partial charge in [-0.2, -0.15) is 0 Å². The molecule has 1 unspecified atom stereocenters. The maximum Gasteiger partial charge on any atom is 0.157 e. The van der Waals surface area contributed by atoms with Gasteiger partial charge >= 0.3 is 0 Å². The number of alkyl halides is 1. The van der Waals surface area contributed by atoms with Gasteiger partial charge in [0.1, 0.15) is 0 Å². The predicted octanol–water partition coefficient (Wildman–Crippen LogP) is 1.90. The summed E-state index contributed by atoms with van der Waals surface area (Å²) in [5.41, 5.74) is 0. The standard InChI is InChI=1S/C6H11ClO/c1-3-5-6(7,8)4-2/h4,8H,2-3,5H2,1H3. The minimum atomic E-state index is -1.17. The molecule has 0 heterocycles. The molecule has 0 amide bonds. The van der Waals surface area contributed by atoms with Crippen molar-refractivity contribution in [2.24, 2.45) is 0 Å². The molecule has 0 aliphatic rings. The first-order valence-electron chi connectivity index (χ1n) is 2.67. The molecule has 0 bridgehead atoms. The summed E-state index contributed by atoms with van der Waals surface area (Å²) in [7, 11) is 0. The van der Waals surface area contributed by atoms with Crippen LogP contribution in [0.5, 0.6) is 0 Å². The number of hydrogen-bond acceptors (Lipinski definition) is 1.